The Balaban J connectivity index is 0.00000392. The predicted octanol–water partition coefficient (Wildman–Crippen LogP) is 2.74. The number of aromatic nitrogens is 2. The summed E-state index contributed by atoms with van der Waals surface area (Å²) in [6.07, 6.45) is 3.71. The number of aryl methyl sites for hydroxylation is 1. The van der Waals surface area contributed by atoms with E-state index >= 15 is 0 Å². The Morgan fingerprint density at radius 2 is 2.18 bits per heavy atom. The highest BCUT2D eigenvalue weighted by Gasteiger charge is 2.15. The van der Waals surface area contributed by atoms with E-state index in [-0.39, 0.29) is 24.0 Å². The molecule has 1 aromatic heterocycles. The van der Waals surface area contributed by atoms with Gasteiger partial charge in [-0.05, 0) is 26.2 Å². The van der Waals surface area contributed by atoms with Crippen LogP contribution in [0.2, 0.25) is 0 Å². The Morgan fingerprint density at radius 3 is 2.86 bits per heavy atom. The van der Waals surface area contributed by atoms with Gasteiger partial charge in [0.15, 0.2) is 11.8 Å². The Morgan fingerprint density at radius 1 is 1.32 bits per heavy atom. The van der Waals surface area contributed by atoms with Gasteiger partial charge in [0.1, 0.15) is 0 Å². The summed E-state index contributed by atoms with van der Waals surface area (Å²) in [5.41, 5.74) is 0. The SMILES string of the molecule is CCNC(=NCCCc1nc(C(C)C)no1)NCCCOCC1CCOC1.I. The first-order chi connectivity index (χ1) is 13.2. The number of nitrogens with zero attached hydrogens (tertiary/aromatic N) is 3. The fourth-order valence-electron chi connectivity index (χ4n) is 2.71. The van der Waals surface area contributed by atoms with E-state index in [2.05, 4.69) is 46.5 Å². The molecule has 1 unspecified atom stereocenters. The minimum absolute atomic E-state index is 0. The standard InChI is InChI=1S/C19H35N5O3.HI/c1-4-20-19(22-10-6-11-25-13-16-8-12-26-14-16)21-9-5-7-17-23-18(15(2)3)24-27-17;/h15-16H,4-14H2,1-3H3,(H2,20,21,22);1H. The summed E-state index contributed by atoms with van der Waals surface area (Å²) < 4.78 is 16.3. The molecule has 0 aromatic carbocycles. The van der Waals surface area contributed by atoms with Crippen LogP contribution in [-0.4, -0.2) is 62.2 Å². The van der Waals surface area contributed by atoms with E-state index in [1.54, 1.807) is 0 Å². The van der Waals surface area contributed by atoms with E-state index in [0.717, 1.165) is 77.0 Å². The monoisotopic (exact) mass is 509 g/mol. The van der Waals surface area contributed by atoms with Crippen LogP contribution >= 0.6 is 24.0 Å². The van der Waals surface area contributed by atoms with Crippen molar-refractivity contribution in [3.8, 4) is 0 Å². The zero-order chi connectivity index (χ0) is 19.3. The summed E-state index contributed by atoms with van der Waals surface area (Å²) in [5.74, 6) is 3.17. The van der Waals surface area contributed by atoms with E-state index in [1.807, 2.05) is 0 Å². The van der Waals surface area contributed by atoms with Gasteiger partial charge in [0.25, 0.3) is 0 Å². The van der Waals surface area contributed by atoms with Crippen LogP contribution in [0.15, 0.2) is 9.52 Å². The van der Waals surface area contributed by atoms with Crippen molar-refractivity contribution in [2.24, 2.45) is 10.9 Å². The third kappa shape index (κ3) is 10.0. The van der Waals surface area contributed by atoms with Crippen molar-refractivity contribution in [1.29, 1.82) is 0 Å². The average molecular weight is 509 g/mol. The highest BCUT2D eigenvalue weighted by molar-refractivity contribution is 14.0. The Bertz CT molecular complexity index is 547. The molecule has 1 aliphatic heterocycles. The van der Waals surface area contributed by atoms with Crippen molar-refractivity contribution in [1.82, 2.24) is 20.8 Å². The molecule has 1 saturated heterocycles. The molecule has 9 heteroatoms. The molecule has 0 spiro atoms. The molecule has 8 nitrogen and oxygen atoms in total. The van der Waals surface area contributed by atoms with Crippen molar-refractivity contribution in [3.63, 3.8) is 0 Å². The topological polar surface area (TPSA) is 93.8 Å². The summed E-state index contributed by atoms with van der Waals surface area (Å²) in [6.45, 7) is 11.9. The van der Waals surface area contributed by atoms with Gasteiger partial charge in [-0.25, -0.2) is 0 Å². The van der Waals surface area contributed by atoms with Gasteiger partial charge >= 0.3 is 0 Å². The van der Waals surface area contributed by atoms with Crippen molar-refractivity contribution in [3.05, 3.63) is 11.7 Å². The van der Waals surface area contributed by atoms with Crippen molar-refractivity contribution in [2.75, 3.05) is 46.1 Å². The van der Waals surface area contributed by atoms with E-state index < -0.39 is 0 Å². The minimum Gasteiger partial charge on any atom is -0.381 e. The van der Waals surface area contributed by atoms with E-state index in [4.69, 9.17) is 14.0 Å². The molecule has 0 bridgehead atoms. The molecule has 0 radical (unpaired) electrons. The molecule has 162 valence electrons. The molecule has 0 aliphatic carbocycles. The molecule has 2 heterocycles. The second-order valence-electron chi connectivity index (χ2n) is 7.15. The Kier molecular flexibility index (Phi) is 13.4. The van der Waals surface area contributed by atoms with Crippen LogP contribution in [0, 0.1) is 5.92 Å². The van der Waals surface area contributed by atoms with Crippen LogP contribution in [-0.2, 0) is 15.9 Å². The van der Waals surface area contributed by atoms with Crippen LogP contribution in [0.25, 0.3) is 0 Å². The second kappa shape index (κ2) is 15.0. The fourth-order valence-corrected chi connectivity index (χ4v) is 2.71. The molecule has 0 amide bonds. The molecule has 1 aromatic rings. The third-order valence-electron chi connectivity index (χ3n) is 4.30. The fraction of sp³-hybridized carbons (Fsp3) is 0.842. The first-order valence-electron chi connectivity index (χ1n) is 10.2. The highest BCUT2D eigenvalue weighted by Crippen LogP contribution is 2.12. The molecule has 0 saturated carbocycles. The molecule has 2 rings (SSSR count). The highest BCUT2D eigenvalue weighted by atomic mass is 127. The number of guanidine groups is 1. The van der Waals surface area contributed by atoms with Crippen LogP contribution in [0.1, 0.15) is 57.7 Å². The second-order valence-corrected chi connectivity index (χ2v) is 7.15. The van der Waals surface area contributed by atoms with Gasteiger partial charge in [-0.3, -0.25) is 4.99 Å². The van der Waals surface area contributed by atoms with Crippen molar-refractivity contribution < 1.29 is 14.0 Å². The van der Waals surface area contributed by atoms with Gasteiger partial charge in [-0.2, -0.15) is 4.98 Å². The van der Waals surface area contributed by atoms with Gasteiger partial charge in [-0.1, -0.05) is 19.0 Å². The van der Waals surface area contributed by atoms with E-state index in [1.165, 1.54) is 0 Å². The molecule has 1 atom stereocenters. The van der Waals surface area contributed by atoms with Crippen molar-refractivity contribution >= 4 is 29.9 Å². The number of hydrogen-bond donors (Lipinski definition) is 2. The number of halogens is 1. The van der Waals surface area contributed by atoms with Gasteiger partial charge in [0, 0.05) is 51.1 Å². The lowest BCUT2D eigenvalue weighted by molar-refractivity contribution is 0.0888. The summed E-state index contributed by atoms with van der Waals surface area (Å²) in [6, 6.07) is 0. The van der Waals surface area contributed by atoms with Crippen LogP contribution in [0.4, 0.5) is 0 Å². The number of rotatable bonds is 12. The van der Waals surface area contributed by atoms with Crippen LogP contribution in [0.3, 0.4) is 0 Å². The Hall–Kier alpha value is -0.940. The minimum atomic E-state index is 0. The largest absolute Gasteiger partial charge is 0.381 e. The summed E-state index contributed by atoms with van der Waals surface area (Å²) in [5, 5.41) is 10.6. The smallest absolute Gasteiger partial charge is 0.226 e. The molecule has 28 heavy (non-hydrogen) atoms. The van der Waals surface area contributed by atoms with Crippen LogP contribution in [0.5, 0.6) is 0 Å². The molecule has 1 fully saturated rings. The van der Waals surface area contributed by atoms with Gasteiger partial charge in [0.05, 0.1) is 13.2 Å². The molecular weight excluding hydrogens is 473 g/mol. The first-order valence-corrected chi connectivity index (χ1v) is 10.2. The third-order valence-corrected chi connectivity index (χ3v) is 4.30. The molecular formula is C19H36IN5O3. The molecule has 1 aliphatic rings. The lowest BCUT2D eigenvalue weighted by Gasteiger charge is -2.12. The van der Waals surface area contributed by atoms with Crippen molar-refractivity contribution in [2.45, 2.75) is 52.4 Å². The van der Waals surface area contributed by atoms with Crippen LogP contribution < -0.4 is 10.6 Å². The zero-order valence-corrected chi connectivity index (χ0v) is 19.7. The number of hydrogen-bond acceptors (Lipinski definition) is 6. The zero-order valence-electron chi connectivity index (χ0n) is 17.4. The summed E-state index contributed by atoms with van der Waals surface area (Å²) in [7, 11) is 0. The van der Waals surface area contributed by atoms with Gasteiger partial charge < -0.3 is 24.6 Å². The summed E-state index contributed by atoms with van der Waals surface area (Å²) >= 11 is 0. The first kappa shape index (κ1) is 25.1. The van der Waals surface area contributed by atoms with E-state index in [9.17, 15) is 0 Å². The van der Waals surface area contributed by atoms with E-state index in [0.29, 0.717) is 24.3 Å². The maximum atomic E-state index is 5.72. The maximum absolute atomic E-state index is 5.72. The van der Waals surface area contributed by atoms with Gasteiger partial charge in [-0.15, -0.1) is 24.0 Å². The molecule has 2 N–H and O–H groups in total. The number of ether oxygens (including phenoxy) is 2. The Labute approximate surface area is 185 Å². The summed E-state index contributed by atoms with van der Waals surface area (Å²) in [4.78, 5) is 8.99. The van der Waals surface area contributed by atoms with Gasteiger partial charge in [0.2, 0.25) is 5.89 Å². The number of nitrogens with one attached hydrogen (secondary N) is 2. The number of aliphatic imine (C=N–C) groups is 1. The maximum Gasteiger partial charge on any atom is 0.226 e. The lowest BCUT2D eigenvalue weighted by Crippen LogP contribution is -2.38. The quantitative estimate of drug-likeness (QED) is 0.194. The predicted molar refractivity (Wildman–Crippen MR) is 120 cm³/mol. The average Bonchev–Trinajstić information content (AvgIpc) is 3.33. The normalized spacial score (nSPS) is 17.0. The lowest BCUT2D eigenvalue weighted by atomic mass is 10.1.